The van der Waals surface area contributed by atoms with Crippen LogP contribution in [0.1, 0.15) is 19.5 Å². The predicted octanol–water partition coefficient (Wildman–Crippen LogP) is 2.22. The van der Waals surface area contributed by atoms with E-state index < -0.39 is 0 Å². The van der Waals surface area contributed by atoms with Crippen LogP contribution < -0.4 is 10.1 Å². The van der Waals surface area contributed by atoms with Gasteiger partial charge in [-0.1, -0.05) is 13.8 Å². The van der Waals surface area contributed by atoms with Gasteiger partial charge in [-0.05, 0) is 19.1 Å². The van der Waals surface area contributed by atoms with Crippen molar-refractivity contribution in [1.29, 1.82) is 0 Å². The number of aryl methyl sites for hydroxylation is 1. The molecule has 3 heteroatoms. The number of ether oxygens (including phenoxy) is 1. The summed E-state index contributed by atoms with van der Waals surface area (Å²) in [6.07, 6.45) is 0. The van der Waals surface area contributed by atoms with E-state index in [2.05, 4.69) is 10.3 Å². The maximum atomic E-state index is 5.35. The van der Waals surface area contributed by atoms with Gasteiger partial charge in [-0.2, -0.15) is 0 Å². The third-order valence-corrected chi connectivity index (χ3v) is 1.65. The van der Waals surface area contributed by atoms with Crippen molar-refractivity contribution in [3.8, 4) is 5.75 Å². The number of pyridine rings is 1. The van der Waals surface area contributed by atoms with Gasteiger partial charge in [-0.25, -0.2) is 4.98 Å². The number of nitrogens with one attached hydrogen (secondary N) is 1. The van der Waals surface area contributed by atoms with Gasteiger partial charge in [-0.15, -0.1) is 0 Å². The lowest BCUT2D eigenvalue weighted by molar-refractivity contribution is 0.321. The number of nitrogens with zero attached hydrogens (tertiary/aromatic N) is 1. The number of hydrogen-bond donors (Lipinski definition) is 1. The van der Waals surface area contributed by atoms with Gasteiger partial charge in [-0.3, -0.25) is 0 Å². The molecule has 0 aliphatic carbocycles. The lowest BCUT2D eigenvalue weighted by Crippen LogP contribution is -2.19. The average Bonchev–Trinajstić information content (AvgIpc) is 2.21. The second-order valence-corrected chi connectivity index (χ2v) is 2.57. The minimum Gasteiger partial charge on any atom is -0.488 e. The summed E-state index contributed by atoms with van der Waals surface area (Å²) in [5, 5.41) is 3.17. The minimum absolute atomic E-state index is 0.734. The molecular weight excluding hydrogens is 164 g/mol. The van der Waals surface area contributed by atoms with Crippen LogP contribution in [0.15, 0.2) is 12.1 Å². The monoisotopic (exact) mass is 180 g/mol. The Kier molecular flexibility index (Phi) is 3.55. The molecule has 1 N–H and O–H groups in total. The summed E-state index contributed by atoms with van der Waals surface area (Å²) in [6.45, 7) is 7.55. The molecule has 1 aromatic heterocycles. The molecule has 1 aliphatic heterocycles. The van der Waals surface area contributed by atoms with E-state index in [1.807, 2.05) is 32.9 Å². The maximum absolute atomic E-state index is 5.35. The van der Waals surface area contributed by atoms with Gasteiger partial charge in [0.15, 0.2) is 11.6 Å². The van der Waals surface area contributed by atoms with E-state index in [1.54, 1.807) is 0 Å². The highest BCUT2D eigenvalue weighted by molar-refractivity contribution is 5.51. The highest BCUT2D eigenvalue weighted by Crippen LogP contribution is 2.24. The predicted molar refractivity (Wildman–Crippen MR) is 54.3 cm³/mol. The van der Waals surface area contributed by atoms with E-state index in [-0.39, 0.29) is 0 Å². The molecule has 3 nitrogen and oxygen atoms in total. The van der Waals surface area contributed by atoms with Gasteiger partial charge >= 0.3 is 0 Å². The molecule has 0 spiro atoms. The van der Waals surface area contributed by atoms with Crippen LogP contribution in [0.5, 0.6) is 5.75 Å². The molecule has 0 radical (unpaired) electrons. The molecular formula is C10H16N2O. The molecule has 2 rings (SSSR count). The van der Waals surface area contributed by atoms with Crippen LogP contribution in [-0.2, 0) is 0 Å². The van der Waals surface area contributed by atoms with E-state index in [0.717, 1.165) is 30.4 Å². The van der Waals surface area contributed by atoms with Crippen molar-refractivity contribution in [3.05, 3.63) is 17.8 Å². The van der Waals surface area contributed by atoms with E-state index in [4.69, 9.17) is 4.74 Å². The van der Waals surface area contributed by atoms with Crippen LogP contribution in [0.4, 0.5) is 5.82 Å². The number of fused-ring (bicyclic) bond motifs is 1. The summed E-state index contributed by atoms with van der Waals surface area (Å²) in [4.78, 5) is 4.28. The molecule has 1 aromatic rings. The molecule has 0 saturated heterocycles. The standard InChI is InChI=1S/C8H10N2O.C2H6/c1-6-2-3-7-8(10-6)9-4-5-11-7;1-2/h2-3H,4-5H2,1H3,(H,9,10);1-2H3. The highest BCUT2D eigenvalue weighted by Gasteiger charge is 2.09. The van der Waals surface area contributed by atoms with E-state index in [1.165, 1.54) is 0 Å². The van der Waals surface area contributed by atoms with Gasteiger partial charge < -0.3 is 10.1 Å². The fourth-order valence-corrected chi connectivity index (χ4v) is 1.12. The first kappa shape index (κ1) is 9.84. The topological polar surface area (TPSA) is 34.2 Å². The fourth-order valence-electron chi connectivity index (χ4n) is 1.12. The third kappa shape index (κ3) is 2.34. The van der Waals surface area contributed by atoms with Crippen molar-refractivity contribution >= 4 is 5.82 Å². The van der Waals surface area contributed by atoms with E-state index in [9.17, 15) is 0 Å². The van der Waals surface area contributed by atoms with E-state index in [0.29, 0.717) is 0 Å². The summed E-state index contributed by atoms with van der Waals surface area (Å²) in [5.41, 5.74) is 1.02. The number of aromatic nitrogens is 1. The first-order valence-corrected chi connectivity index (χ1v) is 4.70. The lowest BCUT2D eigenvalue weighted by atomic mass is 10.3. The maximum Gasteiger partial charge on any atom is 0.169 e. The molecule has 1 aliphatic rings. The number of rotatable bonds is 0. The molecule has 0 saturated carbocycles. The molecule has 0 aromatic carbocycles. The zero-order chi connectivity index (χ0) is 9.68. The SMILES string of the molecule is CC.Cc1ccc2c(n1)NCCO2. The molecule has 0 bridgehead atoms. The zero-order valence-electron chi connectivity index (χ0n) is 8.42. The Morgan fingerprint density at radius 2 is 2.15 bits per heavy atom. The van der Waals surface area contributed by atoms with Crippen LogP contribution in [0.2, 0.25) is 0 Å². The van der Waals surface area contributed by atoms with Crippen molar-refractivity contribution in [3.63, 3.8) is 0 Å². The number of hydrogen-bond acceptors (Lipinski definition) is 3. The molecule has 0 atom stereocenters. The van der Waals surface area contributed by atoms with Gasteiger partial charge in [0.25, 0.3) is 0 Å². The average molecular weight is 180 g/mol. The molecule has 0 amide bonds. The van der Waals surface area contributed by atoms with Crippen molar-refractivity contribution in [2.75, 3.05) is 18.5 Å². The second kappa shape index (κ2) is 4.70. The van der Waals surface area contributed by atoms with Crippen LogP contribution in [0.3, 0.4) is 0 Å². The van der Waals surface area contributed by atoms with E-state index >= 15 is 0 Å². The normalized spacial score (nSPS) is 12.8. The first-order valence-electron chi connectivity index (χ1n) is 4.70. The van der Waals surface area contributed by atoms with Crippen molar-refractivity contribution in [2.24, 2.45) is 0 Å². The summed E-state index contributed by atoms with van der Waals surface area (Å²) in [6, 6.07) is 3.90. The Morgan fingerprint density at radius 3 is 2.92 bits per heavy atom. The number of anilines is 1. The second-order valence-electron chi connectivity index (χ2n) is 2.57. The van der Waals surface area contributed by atoms with Gasteiger partial charge in [0, 0.05) is 5.69 Å². The van der Waals surface area contributed by atoms with Crippen LogP contribution in [0, 0.1) is 6.92 Å². The Bertz CT molecular complexity index is 274. The summed E-state index contributed by atoms with van der Waals surface area (Å²) in [5.74, 6) is 1.73. The fraction of sp³-hybridized carbons (Fsp3) is 0.500. The molecule has 2 heterocycles. The van der Waals surface area contributed by atoms with Crippen molar-refractivity contribution < 1.29 is 4.74 Å². The summed E-state index contributed by atoms with van der Waals surface area (Å²) >= 11 is 0. The van der Waals surface area contributed by atoms with Crippen molar-refractivity contribution in [2.45, 2.75) is 20.8 Å². The van der Waals surface area contributed by atoms with Crippen LogP contribution in [0.25, 0.3) is 0 Å². The van der Waals surface area contributed by atoms with Crippen LogP contribution >= 0.6 is 0 Å². The Balaban J connectivity index is 0.000000396. The lowest BCUT2D eigenvalue weighted by Gasteiger charge is -2.17. The van der Waals surface area contributed by atoms with Gasteiger partial charge in [0.1, 0.15) is 6.61 Å². The third-order valence-electron chi connectivity index (χ3n) is 1.65. The molecule has 0 fully saturated rings. The van der Waals surface area contributed by atoms with Crippen molar-refractivity contribution in [1.82, 2.24) is 4.98 Å². The molecule has 72 valence electrons. The van der Waals surface area contributed by atoms with Gasteiger partial charge in [0.2, 0.25) is 0 Å². The summed E-state index contributed by atoms with van der Waals surface area (Å²) < 4.78 is 5.35. The Hall–Kier alpha value is -1.25. The minimum atomic E-state index is 0.734. The molecule has 13 heavy (non-hydrogen) atoms. The van der Waals surface area contributed by atoms with Gasteiger partial charge in [0.05, 0.1) is 6.54 Å². The first-order chi connectivity index (χ1) is 6.36. The smallest absolute Gasteiger partial charge is 0.169 e. The van der Waals surface area contributed by atoms with Crippen LogP contribution in [-0.4, -0.2) is 18.1 Å². The quantitative estimate of drug-likeness (QED) is 0.664. The largest absolute Gasteiger partial charge is 0.488 e. The highest BCUT2D eigenvalue weighted by atomic mass is 16.5. The molecule has 0 unspecified atom stereocenters. The summed E-state index contributed by atoms with van der Waals surface area (Å²) in [7, 11) is 0. The Morgan fingerprint density at radius 1 is 1.38 bits per heavy atom. The zero-order valence-corrected chi connectivity index (χ0v) is 8.42. The Labute approximate surface area is 79.1 Å².